The Morgan fingerprint density at radius 1 is 1.16 bits per heavy atom. The highest BCUT2D eigenvalue weighted by Gasteiger charge is 2.41. The molecular formula is C25H27Cl2F4N5O2. The van der Waals surface area contributed by atoms with Gasteiger partial charge < -0.3 is 10.1 Å². The Bertz CT molecular complexity index is 1270. The molecule has 0 atom stereocenters. The number of nitrogens with zero attached hydrogens (tertiary/aromatic N) is 4. The van der Waals surface area contributed by atoms with Crippen LogP contribution in [-0.2, 0) is 7.05 Å². The largest absolute Gasteiger partial charge is 0.474 e. The molecule has 0 amide bonds. The number of fused-ring (bicyclic) bond motifs is 1. The van der Waals surface area contributed by atoms with E-state index in [1.165, 1.54) is 12.4 Å². The summed E-state index contributed by atoms with van der Waals surface area (Å²) in [5.74, 6) is -0.965. The van der Waals surface area contributed by atoms with E-state index < -0.39 is 18.8 Å². The smallest absolute Gasteiger partial charge is 0.391 e. The van der Waals surface area contributed by atoms with E-state index >= 15 is 0 Å². The number of hydrogen-bond donors (Lipinski definition) is 1. The van der Waals surface area contributed by atoms with E-state index in [0.29, 0.717) is 48.5 Å². The summed E-state index contributed by atoms with van der Waals surface area (Å²) in [6.07, 6.45) is 1.35. The lowest BCUT2D eigenvalue weighted by atomic mass is 9.79. The number of ether oxygens (including phenoxy) is 1. The molecule has 0 unspecified atom stereocenters. The highest BCUT2D eigenvalue weighted by molar-refractivity contribution is 6.39. The summed E-state index contributed by atoms with van der Waals surface area (Å²) in [5.41, 5.74) is 1.37. The molecule has 1 saturated carbocycles. The van der Waals surface area contributed by atoms with Crippen molar-refractivity contribution in [3.8, 4) is 5.88 Å². The number of aromatic nitrogens is 4. The Balaban J connectivity index is 1.49. The van der Waals surface area contributed by atoms with Crippen LogP contribution in [0.4, 0.5) is 29.2 Å². The third-order valence-corrected chi connectivity index (χ3v) is 7.42. The minimum absolute atomic E-state index is 0.000335. The lowest BCUT2D eigenvalue weighted by molar-refractivity contribution is -0.184. The second kappa shape index (κ2) is 12.0. The van der Waals surface area contributed by atoms with Crippen molar-refractivity contribution >= 4 is 51.8 Å². The van der Waals surface area contributed by atoms with Crippen LogP contribution in [0.5, 0.6) is 5.88 Å². The molecule has 0 aliphatic heterocycles. The zero-order valence-corrected chi connectivity index (χ0v) is 22.1. The number of carbonyl (C=O) groups excluding carboxylic acids is 1. The van der Waals surface area contributed by atoms with E-state index in [2.05, 4.69) is 20.3 Å². The molecule has 206 valence electrons. The first-order valence-corrected chi connectivity index (χ1v) is 13.1. The summed E-state index contributed by atoms with van der Waals surface area (Å²) >= 11 is 12.4. The van der Waals surface area contributed by atoms with Crippen molar-refractivity contribution < 1.29 is 27.1 Å². The summed E-state index contributed by atoms with van der Waals surface area (Å²) in [4.78, 5) is 26.0. The number of aryl methyl sites for hydroxylation is 1. The number of pyridine rings is 2. The van der Waals surface area contributed by atoms with Crippen LogP contribution in [0.25, 0.3) is 11.2 Å². The van der Waals surface area contributed by atoms with Crippen LogP contribution in [0.3, 0.4) is 0 Å². The average molecular weight is 576 g/mol. The molecule has 3 aromatic heterocycles. The predicted molar refractivity (Wildman–Crippen MR) is 137 cm³/mol. The van der Waals surface area contributed by atoms with Crippen LogP contribution < -0.4 is 10.1 Å². The van der Waals surface area contributed by atoms with Gasteiger partial charge in [-0.3, -0.25) is 14.3 Å². The maximum Gasteiger partial charge on any atom is 0.391 e. The highest BCUT2D eigenvalue weighted by atomic mass is 35.5. The molecule has 0 radical (unpaired) electrons. The highest BCUT2D eigenvalue weighted by Crippen LogP contribution is 2.41. The maximum absolute atomic E-state index is 13.1. The average Bonchev–Trinajstić information content (AvgIpc) is 3.18. The number of Topliss-reactive ketones (excluding diaryl/α,β-unsaturated/α-hetero) is 1. The third-order valence-electron chi connectivity index (χ3n) is 6.84. The van der Waals surface area contributed by atoms with Crippen molar-refractivity contribution in [1.82, 2.24) is 19.5 Å². The number of anilines is 2. The fourth-order valence-electron chi connectivity index (χ4n) is 4.76. The number of rotatable bonds is 10. The number of hydrogen-bond acceptors (Lipinski definition) is 6. The third kappa shape index (κ3) is 6.48. The van der Waals surface area contributed by atoms with Crippen molar-refractivity contribution in [2.75, 3.05) is 18.6 Å². The maximum atomic E-state index is 13.1. The number of nitrogens with one attached hydrogen (secondary N) is 1. The van der Waals surface area contributed by atoms with E-state index in [1.807, 2.05) is 0 Å². The van der Waals surface area contributed by atoms with Crippen molar-refractivity contribution in [3.05, 3.63) is 34.1 Å². The van der Waals surface area contributed by atoms with Gasteiger partial charge in [0.1, 0.15) is 18.8 Å². The molecule has 13 heteroatoms. The van der Waals surface area contributed by atoms with Gasteiger partial charge in [-0.1, -0.05) is 29.6 Å². The zero-order valence-electron chi connectivity index (χ0n) is 20.6. The number of halogens is 6. The van der Waals surface area contributed by atoms with Gasteiger partial charge >= 0.3 is 6.18 Å². The van der Waals surface area contributed by atoms with Gasteiger partial charge in [-0.25, -0.2) is 9.37 Å². The van der Waals surface area contributed by atoms with E-state index in [-0.39, 0.29) is 59.1 Å². The van der Waals surface area contributed by atoms with Crippen molar-refractivity contribution in [1.29, 1.82) is 0 Å². The first-order chi connectivity index (χ1) is 18.1. The lowest BCUT2D eigenvalue weighted by Gasteiger charge is -2.29. The fraction of sp³-hybridized carbons (Fsp3) is 0.520. The first-order valence-electron chi connectivity index (χ1n) is 12.3. The summed E-state index contributed by atoms with van der Waals surface area (Å²) in [5, 5.41) is 3.61. The molecule has 1 aliphatic rings. The van der Waals surface area contributed by atoms with Crippen LogP contribution in [0.15, 0.2) is 18.5 Å². The van der Waals surface area contributed by atoms with Crippen molar-refractivity contribution in [2.45, 2.75) is 51.1 Å². The summed E-state index contributed by atoms with van der Waals surface area (Å²) < 4.78 is 58.7. The topological polar surface area (TPSA) is 81.9 Å². The minimum Gasteiger partial charge on any atom is -0.474 e. The number of ketones is 1. The SMILES string of the molecule is Cn1c(Nc2c(Cl)cncc2Cl)nc2cc(C(=O)CCCC3CCC(C(F)(F)F)CC3)c(OCCF)nc21. The molecule has 0 bridgehead atoms. The lowest BCUT2D eigenvalue weighted by Crippen LogP contribution is -2.27. The van der Waals surface area contributed by atoms with Crippen molar-refractivity contribution in [3.63, 3.8) is 0 Å². The van der Waals surface area contributed by atoms with E-state index in [9.17, 15) is 22.4 Å². The van der Waals surface area contributed by atoms with Crippen LogP contribution in [0, 0.1) is 11.8 Å². The quantitative estimate of drug-likeness (QED) is 0.199. The Morgan fingerprint density at radius 2 is 1.84 bits per heavy atom. The van der Waals surface area contributed by atoms with Crippen LogP contribution in [-0.4, -0.2) is 44.8 Å². The molecular weight excluding hydrogens is 549 g/mol. The molecule has 3 aromatic rings. The molecule has 0 spiro atoms. The second-order valence-corrected chi connectivity index (χ2v) is 10.2. The normalized spacial score (nSPS) is 18.1. The van der Waals surface area contributed by atoms with Gasteiger partial charge in [-0.2, -0.15) is 18.2 Å². The van der Waals surface area contributed by atoms with Gasteiger partial charge in [0.15, 0.2) is 11.4 Å². The molecule has 1 N–H and O–H groups in total. The van der Waals surface area contributed by atoms with Gasteiger partial charge in [0.05, 0.1) is 27.2 Å². The monoisotopic (exact) mass is 575 g/mol. The summed E-state index contributed by atoms with van der Waals surface area (Å²) in [6.45, 7) is -1.03. The minimum atomic E-state index is -4.14. The van der Waals surface area contributed by atoms with Gasteiger partial charge in [-0.05, 0) is 44.1 Å². The van der Waals surface area contributed by atoms with E-state index in [1.54, 1.807) is 17.7 Å². The van der Waals surface area contributed by atoms with E-state index in [0.717, 1.165) is 0 Å². The zero-order chi connectivity index (χ0) is 27.4. The van der Waals surface area contributed by atoms with Gasteiger partial charge in [0, 0.05) is 25.9 Å². The Kier molecular flexibility index (Phi) is 8.97. The molecule has 1 fully saturated rings. The van der Waals surface area contributed by atoms with Crippen molar-refractivity contribution in [2.24, 2.45) is 18.9 Å². The van der Waals surface area contributed by atoms with Crippen LogP contribution in [0.2, 0.25) is 10.0 Å². The van der Waals surface area contributed by atoms with Crippen LogP contribution in [0.1, 0.15) is 55.3 Å². The molecule has 38 heavy (non-hydrogen) atoms. The molecule has 0 saturated heterocycles. The molecule has 0 aromatic carbocycles. The molecule has 4 rings (SSSR count). The predicted octanol–water partition coefficient (Wildman–Crippen LogP) is 7.48. The van der Waals surface area contributed by atoms with Crippen LogP contribution >= 0.6 is 23.2 Å². The second-order valence-electron chi connectivity index (χ2n) is 9.39. The van der Waals surface area contributed by atoms with Gasteiger partial charge in [0.25, 0.3) is 0 Å². The first kappa shape index (κ1) is 28.4. The van der Waals surface area contributed by atoms with Gasteiger partial charge in [-0.15, -0.1) is 0 Å². The number of imidazole rings is 1. The summed E-state index contributed by atoms with van der Waals surface area (Å²) in [7, 11) is 1.70. The van der Waals surface area contributed by atoms with E-state index in [4.69, 9.17) is 27.9 Å². The Labute approximate surface area is 226 Å². The standard InChI is InChI=1S/C25H27Cl2F4N5O2/c1-36-22-19(33-24(36)34-21-17(26)12-32-13-18(21)27)11-16(23(35-22)38-10-9-28)20(37)4-2-3-14-5-7-15(8-6-14)25(29,30)31/h11-15H,2-10H2,1H3,(H,32,33,34). The number of carbonyl (C=O) groups is 1. The Hall–Kier alpha value is -2.66. The number of alkyl halides is 4. The molecule has 3 heterocycles. The molecule has 7 nitrogen and oxygen atoms in total. The Morgan fingerprint density at radius 3 is 2.47 bits per heavy atom. The van der Waals surface area contributed by atoms with Gasteiger partial charge in [0.2, 0.25) is 11.8 Å². The fourth-order valence-corrected chi connectivity index (χ4v) is 5.22. The molecule has 1 aliphatic carbocycles. The summed E-state index contributed by atoms with van der Waals surface area (Å²) in [6, 6.07) is 1.55.